The zero-order valence-corrected chi connectivity index (χ0v) is 10.6. The first-order valence-corrected chi connectivity index (χ1v) is 6.10. The van der Waals surface area contributed by atoms with Gasteiger partial charge in [0.25, 0.3) is 0 Å². The van der Waals surface area contributed by atoms with Crippen LogP contribution in [0.4, 0.5) is 4.79 Å². The molecule has 4 heteroatoms. The van der Waals surface area contributed by atoms with Crippen molar-refractivity contribution in [3.05, 3.63) is 0 Å². The summed E-state index contributed by atoms with van der Waals surface area (Å²) in [5, 5.41) is 2.92. The zero-order chi connectivity index (χ0) is 12.2. The molecule has 0 radical (unpaired) electrons. The molecule has 0 aromatic rings. The molecule has 94 valence electrons. The third-order valence-electron chi connectivity index (χ3n) is 2.84. The molecule has 16 heavy (non-hydrogen) atoms. The Balaban J connectivity index is 2.26. The first-order chi connectivity index (χ1) is 7.40. The number of carbonyl (C=O) groups excluding carboxylic acids is 1. The fraction of sp³-hybridized carbons (Fsp3) is 0.917. The largest absolute Gasteiger partial charge is 0.444 e. The molecule has 1 aliphatic rings. The minimum Gasteiger partial charge on any atom is -0.444 e. The average Bonchev–Trinajstić information content (AvgIpc) is 2.49. The van der Waals surface area contributed by atoms with Crippen LogP contribution in [0.2, 0.25) is 0 Å². The maximum absolute atomic E-state index is 11.5. The molecule has 1 amide bonds. The summed E-state index contributed by atoms with van der Waals surface area (Å²) < 4.78 is 5.22. The third kappa shape index (κ3) is 4.84. The van der Waals surface area contributed by atoms with E-state index in [1.807, 2.05) is 20.8 Å². The van der Waals surface area contributed by atoms with E-state index >= 15 is 0 Å². The molecular weight excluding hydrogens is 204 g/mol. The molecule has 1 saturated carbocycles. The maximum atomic E-state index is 11.5. The Morgan fingerprint density at radius 3 is 2.69 bits per heavy atom. The van der Waals surface area contributed by atoms with Crippen molar-refractivity contribution in [1.82, 2.24) is 5.32 Å². The molecule has 3 N–H and O–H groups in total. The fourth-order valence-electron chi connectivity index (χ4n) is 2.18. The highest BCUT2D eigenvalue weighted by Gasteiger charge is 2.26. The number of nitrogens with two attached hydrogens (primary N) is 1. The molecule has 0 aromatic carbocycles. The van der Waals surface area contributed by atoms with E-state index in [2.05, 4.69) is 5.32 Å². The molecule has 1 rings (SSSR count). The van der Waals surface area contributed by atoms with Gasteiger partial charge in [0.15, 0.2) is 0 Å². The van der Waals surface area contributed by atoms with Crippen molar-refractivity contribution < 1.29 is 9.53 Å². The second-order valence-corrected chi connectivity index (χ2v) is 5.60. The lowest BCUT2D eigenvalue weighted by atomic mass is 10.0. The number of carbonyl (C=O) groups is 1. The lowest BCUT2D eigenvalue weighted by molar-refractivity contribution is 0.0504. The molecule has 1 aliphatic carbocycles. The number of hydrogen-bond donors (Lipinski definition) is 2. The monoisotopic (exact) mass is 228 g/mol. The Labute approximate surface area is 97.9 Å². The summed E-state index contributed by atoms with van der Waals surface area (Å²) in [5.41, 5.74) is 5.11. The van der Waals surface area contributed by atoms with Crippen molar-refractivity contribution >= 4 is 6.09 Å². The van der Waals surface area contributed by atoms with Crippen LogP contribution in [0.5, 0.6) is 0 Å². The summed E-state index contributed by atoms with van der Waals surface area (Å²) in [5.74, 6) is 0.671. The lowest BCUT2D eigenvalue weighted by Gasteiger charge is -2.21. The average molecular weight is 228 g/mol. The van der Waals surface area contributed by atoms with Crippen LogP contribution in [-0.4, -0.2) is 24.3 Å². The van der Waals surface area contributed by atoms with Crippen molar-refractivity contribution in [2.75, 3.05) is 6.54 Å². The van der Waals surface area contributed by atoms with E-state index in [1.165, 1.54) is 0 Å². The topological polar surface area (TPSA) is 64.3 Å². The molecule has 0 spiro atoms. The molecule has 0 saturated heterocycles. The van der Waals surface area contributed by atoms with Crippen molar-refractivity contribution in [3.63, 3.8) is 0 Å². The maximum Gasteiger partial charge on any atom is 0.407 e. The normalized spacial score (nSPS) is 25.5. The predicted octanol–water partition coefficient (Wildman–Crippen LogP) is 2.03. The Hall–Kier alpha value is -0.770. The summed E-state index contributed by atoms with van der Waals surface area (Å²) in [6, 6.07) is 0.270. The number of hydrogen-bond acceptors (Lipinski definition) is 3. The number of nitrogens with one attached hydrogen (secondary N) is 1. The number of ether oxygens (including phenoxy) is 1. The van der Waals surface area contributed by atoms with Crippen molar-refractivity contribution in [1.29, 1.82) is 0 Å². The summed E-state index contributed by atoms with van der Waals surface area (Å²) in [4.78, 5) is 11.5. The zero-order valence-electron chi connectivity index (χ0n) is 10.6. The van der Waals surface area contributed by atoms with Crippen LogP contribution in [-0.2, 0) is 4.74 Å². The van der Waals surface area contributed by atoms with Gasteiger partial charge in [-0.05, 0) is 58.9 Å². The standard InChI is InChI=1S/C12H24N2O2/c1-12(2,3)16-11(15)14-10-5-4-9(8-10)6-7-13/h9-10H,4-8,13H2,1-3H3,(H,14,15)/t9-,10-/m0/s1. The van der Waals surface area contributed by atoms with Gasteiger partial charge < -0.3 is 15.8 Å². The molecule has 0 heterocycles. The van der Waals surface area contributed by atoms with Gasteiger partial charge in [-0.3, -0.25) is 0 Å². The Morgan fingerprint density at radius 2 is 2.12 bits per heavy atom. The van der Waals surface area contributed by atoms with Gasteiger partial charge in [0.05, 0.1) is 0 Å². The summed E-state index contributed by atoms with van der Waals surface area (Å²) in [6.45, 7) is 6.36. The van der Waals surface area contributed by atoms with E-state index in [9.17, 15) is 4.79 Å². The molecular formula is C12H24N2O2. The molecule has 1 fully saturated rings. The molecule has 4 nitrogen and oxygen atoms in total. The van der Waals surface area contributed by atoms with E-state index < -0.39 is 5.60 Å². The molecule has 2 atom stereocenters. The SMILES string of the molecule is CC(C)(C)OC(=O)N[C@H]1CC[C@@H](CCN)C1. The highest BCUT2D eigenvalue weighted by molar-refractivity contribution is 5.68. The second-order valence-electron chi connectivity index (χ2n) is 5.60. The van der Waals surface area contributed by atoms with Gasteiger partial charge in [0.1, 0.15) is 5.60 Å². The van der Waals surface area contributed by atoms with E-state index in [1.54, 1.807) is 0 Å². The minimum absolute atomic E-state index is 0.270. The van der Waals surface area contributed by atoms with Gasteiger partial charge in [0, 0.05) is 6.04 Å². The smallest absolute Gasteiger partial charge is 0.407 e. The third-order valence-corrected chi connectivity index (χ3v) is 2.84. The van der Waals surface area contributed by atoms with Crippen LogP contribution >= 0.6 is 0 Å². The van der Waals surface area contributed by atoms with E-state index in [-0.39, 0.29) is 12.1 Å². The number of rotatable bonds is 3. The molecule has 0 aromatic heterocycles. The quantitative estimate of drug-likeness (QED) is 0.776. The van der Waals surface area contributed by atoms with Gasteiger partial charge in [-0.2, -0.15) is 0 Å². The lowest BCUT2D eigenvalue weighted by Crippen LogP contribution is -2.38. The van der Waals surface area contributed by atoms with Gasteiger partial charge in [-0.15, -0.1) is 0 Å². The van der Waals surface area contributed by atoms with Gasteiger partial charge >= 0.3 is 6.09 Å². The van der Waals surface area contributed by atoms with Crippen molar-refractivity contribution in [2.45, 2.75) is 58.1 Å². The van der Waals surface area contributed by atoms with Gasteiger partial charge in [0.2, 0.25) is 0 Å². The van der Waals surface area contributed by atoms with E-state index in [0.717, 1.165) is 32.2 Å². The van der Waals surface area contributed by atoms with Crippen LogP contribution in [0.1, 0.15) is 46.5 Å². The Bertz CT molecular complexity index is 236. The van der Waals surface area contributed by atoms with Crippen LogP contribution in [0, 0.1) is 5.92 Å². The van der Waals surface area contributed by atoms with E-state index in [4.69, 9.17) is 10.5 Å². The van der Waals surface area contributed by atoms with Gasteiger partial charge in [-0.25, -0.2) is 4.79 Å². The molecule has 0 unspecified atom stereocenters. The predicted molar refractivity (Wildman–Crippen MR) is 64.2 cm³/mol. The summed E-state index contributed by atoms with van der Waals surface area (Å²) >= 11 is 0. The Kier molecular flexibility index (Phi) is 4.59. The van der Waals surface area contributed by atoms with Crippen molar-refractivity contribution in [2.24, 2.45) is 11.7 Å². The number of amides is 1. The first-order valence-electron chi connectivity index (χ1n) is 6.10. The van der Waals surface area contributed by atoms with Crippen LogP contribution in [0.15, 0.2) is 0 Å². The van der Waals surface area contributed by atoms with Crippen LogP contribution < -0.4 is 11.1 Å². The highest BCUT2D eigenvalue weighted by atomic mass is 16.6. The van der Waals surface area contributed by atoms with Crippen molar-refractivity contribution in [3.8, 4) is 0 Å². The summed E-state index contributed by atoms with van der Waals surface area (Å²) in [6.07, 6.45) is 4.01. The minimum atomic E-state index is -0.417. The fourth-order valence-corrected chi connectivity index (χ4v) is 2.18. The number of alkyl carbamates (subject to hydrolysis) is 1. The highest BCUT2D eigenvalue weighted by Crippen LogP contribution is 2.27. The molecule has 0 bridgehead atoms. The molecule has 0 aliphatic heterocycles. The van der Waals surface area contributed by atoms with Crippen LogP contribution in [0.3, 0.4) is 0 Å². The Morgan fingerprint density at radius 1 is 1.44 bits per heavy atom. The van der Waals surface area contributed by atoms with Gasteiger partial charge in [-0.1, -0.05) is 0 Å². The van der Waals surface area contributed by atoms with E-state index in [0.29, 0.717) is 5.92 Å². The van der Waals surface area contributed by atoms with Crippen LogP contribution in [0.25, 0.3) is 0 Å². The second kappa shape index (κ2) is 5.53. The first kappa shape index (κ1) is 13.3. The summed E-state index contributed by atoms with van der Waals surface area (Å²) in [7, 11) is 0.